The lowest BCUT2D eigenvalue weighted by Crippen LogP contribution is -2.40. The van der Waals surface area contributed by atoms with Crippen molar-refractivity contribution < 1.29 is 0 Å². The normalized spacial score (nSPS) is 21.9. The zero-order chi connectivity index (χ0) is 25.0. The van der Waals surface area contributed by atoms with E-state index >= 15 is 0 Å². The Bertz CT molecular complexity index is 2140. The minimum absolute atomic E-state index is 0.281. The molecule has 0 heteroatoms. The topological polar surface area (TPSA) is 0 Å². The summed E-state index contributed by atoms with van der Waals surface area (Å²) in [4.78, 5) is 0. The predicted molar refractivity (Wildman–Crippen MR) is 157 cm³/mol. The molecular weight excluding hydrogens is 468 g/mol. The minimum atomic E-state index is -0.286. The van der Waals surface area contributed by atoms with Gasteiger partial charge in [-0.1, -0.05) is 121 Å². The quantitative estimate of drug-likeness (QED) is 0.199. The SMILES string of the molecule is c1ccc2c(c1)-c1ccc3c4c1C2c1ccc2c5c1C4(c1ccccc1-3)c1ccccc1C5c1ccccc1-2. The highest BCUT2D eigenvalue weighted by Gasteiger charge is 2.59. The fourth-order valence-corrected chi connectivity index (χ4v) is 9.50. The van der Waals surface area contributed by atoms with E-state index in [0.717, 1.165) is 0 Å². The van der Waals surface area contributed by atoms with Gasteiger partial charge >= 0.3 is 0 Å². The van der Waals surface area contributed by atoms with Crippen molar-refractivity contribution in [2.45, 2.75) is 17.3 Å². The molecule has 0 bridgehead atoms. The van der Waals surface area contributed by atoms with Crippen molar-refractivity contribution in [2.75, 3.05) is 0 Å². The van der Waals surface area contributed by atoms with Gasteiger partial charge in [-0.3, -0.25) is 0 Å². The summed E-state index contributed by atoms with van der Waals surface area (Å²) >= 11 is 0. The van der Waals surface area contributed by atoms with Gasteiger partial charge in [0.05, 0.1) is 5.41 Å². The van der Waals surface area contributed by atoms with Crippen molar-refractivity contribution in [3.05, 3.63) is 177 Å². The molecule has 3 atom stereocenters. The summed E-state index contributed by atoms with van der Waals surface area (Å²) in [6.07, 6.45) is 0. The summed E-state index contributed by atoms with van der Waals surface area (Å²) < 4.78 is 0. The zero-order valence-electron chi connectivity index (χ0n) is 21.2. The van der Waals surface area contributed by atoms with Crippen LogP contribution in [0.3, 0.4) is 0 Å². The lowest BCUT2D eigenvalue weighted by molar-refractivity contribution is 0.659. The monoisotopic (exact) mass is 490 g/mol. The molecule has 3 unspecified atom stereocenters. The largest absolute Gasteiger partial charge is 0.0725 e. The van der Waals surface area contributed by atoms with Gasteiger partial charge in [0.2, 0.25) is 0 Å². The number of benzene rings is 6. The van der Waals surface area contributed by atoms with Crippen molar-refractivity contribution >= 4 is 0 Å². The molecule has 11 rings (SSSR count). The van der Waals surface area contributed by atoms with Crippen LogP contribution in [0.5, 0.6) is 0 Å². The van der Waals surface area contributed by atoms with Crippen LogP contribution >= 0.6 is 0 Å². The van der Waals surface area contributed by atoms with Crippen molar-refractivity contribution in [3.8, 4) is 33.4 Å². The Labute approximate surface area is 227 Å². The third kappa shape index (κ3) is 1.84. The number of fused-ring (bicyclic) bond motifs is 11. The van der Waals surface area contributed by atoms with Crippen LogP contribution in [0, 0.1) is 0 Å². The fraction of sp³-hybridized carbons (Fsp3) is 0.0769. The first-order chi connectivity index (χ1) is 19.4. The first kappa shape index (κ1) is 19.4. The second kappa shape index (κ2) is 6.14. The summed E-state index contributed by atoms with van der Waals surface area (Å²) in [5, 5.41) is 0. The molecule has 0 nitrogen and oxygen atoms in total. The minimum Gasteiger partial charge on any atom is -0.0619 e. The van der Waals surface area contributed by atoms with Crippen LogP contribution in [0.2, 0.25) is 0 Å². The average Bonchev–Trinajstić information content (AvgIpc) is 3.62. The van der Waals surface area contributed by atoms with E-state index in [1.165, 1.54) is 66.8 Å². The van der Waals surface area contributed by atoms with Crippen molar-refractivity contribution in [1.82, 2.24) is 0 Å². The molecule has 6 aromatic carbocycles. The van der Waals surface area contributed by atoms with E-state index in [0.29, 0.717) is 0 Å². The van der Waals surface area contributed by atoms with Gasteiger partial charge in [-0.15, -0.1) is 0 Å². The summed E-state index contributed by atoms with van der Waals surface area (Å²) in [6, 6.07) is 46.8. The molecule has 5 aliphatic rings. The van der Waals surface area contributed by atoms with Crippen molar-refractivity contribution in [3.63, 3.8) is 0 Å². The molecule has 1 spiro atoms. The molecular formula is C39H22. The molecule has 0 radical (unpaired) electrons. The summed E-state index contributed by atoms with van der Waals surface area (Å²) in [7, 11) is 0. The lowest BCUT2D eigenvalue weighted by atomic mass is 9.53. The van der Waals surface area contributed by atoms with Gasteiger partial charge in [0.25, 0.3) is 0 Å². The van der Waals surface area contributed by atoms with E-state index in [1.54, 1.807) is 22.3 Å². The Morgan fingerprint density at radius 1 is 0.333 bits per heavy atom. The molecule has 6 aromatic rings. The second-order valence-corrected chi connectivity index (χ2v) is 11.9. The first-order valence-corrected chi connectivity index (χ1v) is 14.1. The zero-order valence-corrected chi connectivity index (χ0v) is 21.2. The number of hydrogen-bond donors (Lipinski definition) is 0. The first-order valence-electron chi connectivity index (χ1n) is 14.1. The molecule has 5 aliphatic carbocycles. The van der Waals surface area contributed by atoms with Crippen LogP contribution in [-0.2, 0) is 5.41 Å². The summed E-state index contributed by atoms with van der Waals surface area (Å²) in [5.41, 5.74) is 23.3. The maximum atomic E-state index is 2.50. The van der Waals surface area contributed by atoms with Crippen molar-refractivity contribution in [2.24, 2.45) is 0 Å². The average molecular weight is 491 g/mol. The van der Waals surface area contributed by atoms with Crippen LogP contribution in [0.15, 0.2) is 121 Å². The van der Waals surface area contributed by atoms with E-state index in [9.17, 15) is 0 Å². The molecule has 0 saturated carbocycles. The molecule has 0 saturated heterocycles. The third-order valence-electron chi connectivity index (χ3n) is 10.6. The molecule has 39 heavy (non-hydrogen) atoms. The van der Waals surface area contributed by atoms with E-state index in [2.05, 4.69) is 121 Å². The standard InChI is InChI=1S/C39H22/c1-3-12-24-21(9-1)27-18-20-30-34-25-13-4-2-10-22(25)26-17-19-28-23-11-5-7-15-31(23)39(37(28)36(26)34)32-16-8-6-14-29(32)33(24)35(27)38(30)39/h1-20,33-34H. The van der Waals surface area contributed by atoms with E-state index in [1.807, 2.05) is 0 Å². The maximum absolute atomic E-state index is 2.50. The Balaban J connectivity index is 1.44. The summed E-state index contributed by atoms with van der Waals surface area (Å²) in [5.74, 6) is 0.564. The molecule has 0 heterocycles. The predicted octanol–water partition coefficient (Wildman–Crippen LogP) is 9.00. The van der Waals surface area contributed by atoms with Gasteiger partial charge in [0.1, 0.15) is 0 Å². The molecule has 0 N–H and O–H groups in total. The van der Waals surface area contributed by atoms with Crippen LogP contribution < -0.4 is 0 Å². The Kier molecular flexibility index (Phi) is 3.05. The van der Waals surface area contributed by atoms with Gasteiger partial charge in [-0.05, 0) is 89.0 Å². The van der Waals surface area contributed by atoms with Crippen LogP contribution in [0.1, 0.15) is 67.5 Å². The van der Waals surface area contributed by atoms with Gasteiger partial charge in [0, 0.05) is 11.8 Å². The molecule has 0 fully saturated rings. The van der Waals surface area contributed by atoms with Crippen LogP contribution in [0.4, 0.5) is 0 Å². The lowest BCUT2D eigenvalue weighted by Gasteiger charge is -2.48. The molecule has 0 aromatic heterocycles. The van der Waals surface area contributed by atoms with E-state index in [-0.39, 0.29) is 17.3 Å². The van der Waals surface area contributed by atoms with E-state index < -0.39 is 0 Å². The van der Waals surface area contributed by atoms with Gasteiger partial charge in [-0.2, -0.15) is 0 Å². The number of rotatable bonds is 0. The van der Waals surface area contributed by atoms with Crippen LogP contribution in [-0.4, -0.2) is 0 Å². The third-order valence-corrected chi connectivity index (χ3v) is 10.6. The Hall–Kier alpha value is -4.68. The number of hydrogen-bond acceptors (Lipinski definition) is 0. The summed E-state index contributed by atoms with van der Waals surface area (Å²) in [6.45, 7) is 0. The second-order valence-electron chi connectivity index (χ2n) is 11.9. The molecule has 0 amide bonds. The van der Waals surface area contributed by atoms with Crippen LogP contribution in [0.25, 0.3) is 33.4 Å². The van der Waals surface area contributed by atoms with Gasteiger partial charge in [-0.25, -0.2) is 0 Å². The van der Waals surface area contributed by atoms with Gasteiger partial charge < -0.3 is 0 Å². The maximum Gasteiger partial charge on any atom is 0.0725 e. The molecule has 178 valence electrons. The highest BCUT2D eigenvalue weighted by Crippen LogP contribution is 2.71. The fourth-order valence-electron chi connectivity index (χ4n) is 9.50. The highest BCUT2D eigenvalue weighted by molar-refractivity contribution is 5.99. The van der Waals surface area contributed by atoms with E-state index in [4.69, 9.17) is 0 Å². The van der Waals surface area contributed by atoms with Gasteiger partial charge in [0.15, 0.2) is 0 Å². The van der Waals surface area contributed by atoms with Crippen molar-refractivity contribution in [1.29, 1.82) is 0 Å². The Morgan fingerprint density at radius 3 is 1.59 bits per heavy atom. The highest BCUT2D eigenvalue weighted by atomic mass is 14.6. The Morgan fingerprint density at radius 2 is 0.846 bits per heavy atom. The molecule has 0 aliphatic heterocycles. The smallest absolute Gasteiger partial charge is 0.0619 e.